The van der Waals surface area contributed by atoms with E-state index in [2.05, 4.69) is 27.9 Å². The summed E-state index contributed by atoms with van der Waals surface area (Å²) in [6.45, 7) is 0. The molecule has 1 atom stereocenters. The van der Waals surface area contributed by atoms with Crippen molar-refractivity contribution >= 4 is 34.4 Å². The second-order valence-corrected chi connectivity index (χ2v) is 6.51. The van der Waals surface area contributed by atoms with Crippen molar-refractivity contribution in [1.29, 1.82) is 0 Å². The van der Waals surface area contributed by atoms with Gasteiger partial charge in [-0.3, -0.25) is 9.59 Å². The molecule has 0 aromatic heterocycles. The maximum Gasteiger partial charge on any atom is 0.240 e. The van der Waals surface area contributed by atoms with E-state index < -0.39 is 29.5 Å². The van der Waals surface area contributed by atoms with Crippen LogP contribution in [0.5, 0.6) is 0 Å². The first-order valence-corrected chi connectivity index (χ1v) is 8.20. The Kier molecular flexibility index (Phi) is 6.24. The summed E-state index contributed by atoms with van der Waals surface area (Å²) >= 11 is 2.16. The van der Waals surface area contributed by atoms with Gasteiger partial charge in [-0.05, 0) is 51.9 Å². The van der Waals surface area contributed by atoms with Crippen LogP contribution in [0, 0.1) is 15.2 Å². The van der Waals surface area contributed by atoms with Crippen molar-refractivity contribution in [1.82, 2.24) is 5.32 Å². The molecule has 3 N–H and O–H groups in total. The van der Waals surface area contributed by atoms with Crippen LogP contribution in [0.15, 0.2) is 42.5 Å². The lowest BCUT2D eigenvalue weighted by Gasteiger charge is -2.16. The summed E-state index contributed by atoms with van der Waals surface area (Å²) in [4.78, 5) is 23.6. The Hall–Kier alpha value is -2.03. The molecule has 2 aromatic rings. The molecule has 0 bridgehead atoms. The van der Waals surface area contributed by atoms with E-state index in [0.717, 1.165) is 15.2 Å². The number of nitrogens with one attached hydrogen (secondary N) is 1. The van der Waals surface area contributed by atoms with Crippen LogP contribution in [-0.2, 0) is 22.4 Å². The van der Waals surface area contributed by atoms with Gasteiger partial charge >= 0.3 is 0 Å². The predicted molar refractivity (Wildman–Crippen MR) is 94.1 cm³/mol. The van der Waals surface area contributed by atoms with Gasteiger partial charge in [0.05, 0.1) is 6.42 Å². The Bertz CT molecular complexity index is 751. The summed E-state index contributed by atoms with van der Waals surface area (Å²) < 4.78 is 27.5. The Morgan fingerprint density at radius 2 is 1.79 bits per heavy atom. The first-order chi connectivity index (χ1) is 11.3. The molecule has 4 nitrogen and oxygen atoms in total. The van der Waals surface area contributed by atoms with Crippen molar-refractivity contribution in [2.45, 2.75) is 18.9 Å². The maximum absolute atomic E-state index is 13.6. The molecule has 0 saturated carbocycles. The van der Waals surface area contributed by atoms with Gasteiger partial charge in [-0.2, -0.15) is 0 Å². The van der Waals surface area contributed by atoms with Gasteiger partial charge in [0.25, 0.3) is 0 Å². The lowest BCUT2D eigenvalue weighted by atomic mass is 10.0. The molecule has 2 amide bonds. The van der Waals surface area contributed by atoms with E-state index in [1.807, 2.05) is 24.3 Å². The zero-order chi connectivity index (χ0) is 17.7. The van der Waals surface area contributed by atoms with Gasteiger partial charge in [-0.15, -0.1) is 0 Å². The largest absolute Gasteiger partial charge is 0.368 e. The van der Waals surface area contributed by atoms with Crippen molar-refractivity contribution < 1.29 is 18.4 Å². The molecule has 0 saturated heterocycles. The van der Waals surface area contributed by atoms with Crippen LogP contribution in [0.4, 0.5) is 8.78 Å². The highest BCUT2D eigenvalue weighted by atomic mass is 127. The monoisotopic (exact) mass is 444 g/mol. The third-order valence-corrected chi connectivity index (χ3v) is 4.12. The molecule has 0 aliphatic rings. The average molecular weight is 444 g/mol. The lowest BCUT2D eigenvalue weighted by Crippen LogP contribution is -2.46. The van der Waals surface area contributed by atoms with Crippen LogP contribution in [0.3, 0.4) is 0 Å². The molecule has 126 valence electrons. The Labute approximate surface area is 151 Å². The maximum atomic E-state index is 13.6. The van der Waals surface area contributed by atoms with Gasteiger partial charge in [0.1, 0.15) is 17.7 Å². The summed E-state index contributed by atoms with van der Waals surface area (Å²) in [5, 5.41) is 2.49. The third-order valence-electron chi connectivity index (χ3n) is 3.40. The molecule has 0 radical (unpaired) electrons. The van der Waals surface area contributed by atoms with E-state index in [1.54, 1.807) is 0 Å². The predicted octanol–water partition coefficient (Wildman–Crippen LogP) is 2.32. The quantitative estimate of drug-likeness (QED) is 0.672. The number of carbonyl (C=O) groups is 2. The van der Waals surface area contributed by atoms with Gasteiger partial charge < -0.3 is 11.1 Å². The van der Waals surface area contributed by atoms with Crippen molar-refractivity contribution in [3.8, 4) is 0 Å². The molecule has 24 heavy (non-hydrogen) atoms. The molecule has 0 heterocycles. The fourth-order valence-electron chi connectivity index (χ4n) is 2.16. The lowest BCUT2D eigenvalue weighted by molar-refractivity contribution is -0.127. The molecule has 0 aliphatic heterocycles. The summed E-state index contributed by atoms with van der Waals surface area (Å²) in [6, 6.07) is 9.51. The minimum Gasteiger partial charge on any atom is -0.368 e. The first kappa shape index (κ1) is 18.3. The number of primary amides is 1. The molecule has 0 unspecified atom stereocenters. The number of rotatable bonds is 6. The number of hydrogen-bond acceptors (Lipinski definition) is 2. The Morgan fingerprint density at radius 1 is 1.12 bits per heavy atom. The average Bonchev–Trinajstić information content (AvgIpc) is 2.51. The number of hydrogen-bond donors (Lipinski definition) is 2. The van der Waals surface area contributed by atoms with Crippen molar-refractivity contribution in [3.05, 3.63) is 68.8 Å². The van der Waals surface area contributed by atoms with Gasteiger partial charge in [-0.1, -0.05) is 18.2 Å². The molecule has 7 heteroatoms. The topological polar surface area (TPSA) is 72.2 Å². The number of nitrogens with two attached hydrogens (primary N) is 1. The van der Waals surface area contributed by atoms with E-state index in [1.165, 1.54) is 6.07 Å². The molecular weight excluding hydrogens is 429 g/mol. The Morgan fingerprint density at radius 3 is 2.38 bits per heavy atom. The molecule has 0 spiro atoms. The van der Waals surface area contributed by atoms with Gasteiger partial charge in [-0.25, -0.2) is 8.78 Å². The summed E-state index contributed by atoms with van der Waals surface area (Å²) in [7, 11) is 0. The standard InChI is InChI=1S/C17H15F2IN2O2/c18-12-4-3-11(14(19)9-12)8-16(23)22-15(17(21)24)7-10-1-5-13(20)6-2-10/h1-6,9,15H,7-8H2,(H2,21,24)(H,22,23)/t15-/m0/s1. The fourth-order valence-corrected chi connectivity index (χ4v) is 2.52. The Balaban J connectivity index is 2.02. The third kappa shape index (κ3) is 5.26. The van der Waals surface area contributed by atoms with E-state index in [-0.39, 0.29) is 18.4 Å². The van der Waals surface area contributed by atoms with Crippen LogP contribution in [-0.4, -0.2) is 17.9 Å². The zero-order valence-corrected chi connectivity index (χ0v) is 14.7. The number of halogens is 3. The highest BCUT2D eigenvalue weighted by molar-refractivity contribution is 14.1. The molecule has 0 aliphatic carbocycles. The van der Waals surface area contributed by atoms with Crippen molar-refractivity contribution in [2.75, 3.05) is 0 Å². The fraction of sp³-hybridized carbons (Fsp3) is 0.176. The SMILES string of the molecule is NC(=O)[C@H](Cc1ccc(I)cc1)NC(=O)Cc1ccc(F)cc1F. The summed E-state index contributed by atoms with van der Waals surface area (Å²) in [6.07, 6.45) is -0.0630. The number of benzene rings is 2. The van der Waals surface area contributed by atoms with Crippen molar-refractivity contribution in [2.24, 2.45) is 5.73 Å². The van der Waals surface area contributed by atoms with Crippen LogP contribution >= 0.6 is 22.6 Å². The minimum atomic E-state index is -0.902. The zero-order valence-electron chi connectivity index (χ0n) is 12.6. The first-order valence-electron chi connectivity index (χ1n) is 7.12. The van der Waals surface area contributed by atoms with E-state index in [9.17, 15) is 18.4 Å². The second-order valence-electron chi connectivity index (χ2n) is 5.27. The summed E-state index contributed by atoms with van der Waals surface area (Å²) in [5.41, 5.74) is 6.21. The molecule has 2 aromatic carbocycles. The van der Waals surface area contributed by atoms with Crippen molar-refractivity contribution in [3.63, 3.8) is 0 Å². The normalized spacial score (nSPS) is 11.8. The van der Waals surface area contributed by atoms with Gasteiger partial charge in [0, 0.05) is 16.1 Å². The van der Waals surface area contributed by atoms with E-state index in [0.29, 0.717) is 6.07 Å². The second kappa shape index (κ2) is 8.18. The number of amides is 2. The van der Waals surface area contributed by atoms with E-state index in [4.69, 9.17) is 5.73 Å². The molecule has 0 fully saturated rings. The molecule has 2 rings (SSSR count). The van der Waals surface area contributed by atoms with Crippen LogP contribution in [0.1, 0.15) is 11.1 Å². The van der Waals surface area contributed by atoms with Crippen LogP contribution in [0.2, 0.25) is 0 Å². The highest BCUT2D eigenvalue weighted by Gasteiger charge is 2.19. The van der Waals surface area contributed by atoms with Crippen LogP contribution in [0.25, 0.3) is 0 Å². The molecular formula is C17H15F2IN2O2. The van der Waals surface area contributed by atoms with E-state index >= 15 is 0 Å². The van der Waals surface area contributed by atoms with Crippen LogP contribution < -0.4 is 11.1 Å². The number of carbonyl (C=O) groups excluding carboxylic acids is 2. The summed E-state index contributed by atoms with van der Waals surface area (Å²) in [5.74, 6) is -2.76. The minimum absolute atomic E-state index is 0.0476. The van der Waals surface area contributed by atoms with Gasteiger partial charge in [0.15, 0.2) is 0 Å². The highest BCUT2D eigenvalue weighted by Crippen LogP contribution is 2.11. The smallest absolute Gasteiger partial charge is 0.240 e. The van der Waals surface area contributed by atoms with Gasteiger partial charge in [0.2, 0.25) is 11.8 Å².